The number of hydrogen-bond acceptors (Lipinski definition) is 7. The summed E-state index contributed by atoms with van der Waals surface area (Å²) in [5.74, 6) is -2.32. The molecule has 1 aromatic carbocycles. The number of pyridine rings is 2. The van der Waals surface area contributed by atoms with Gasteiger partial charge in [-0.3, -0.25) is 19.2 Å². The average molecular weight is 560 g/mol. The van der Waals surface area contributed by atoms with Crippen LogP contribution in [0, 0.1) is 0 Å². The van der Waals surface area contributed by atoms with E-state index in [1.807, 2.05) is 29.1 Å². The van der Waals surface area contributed by atoms with Crippen molar-refractivity contribution in [3.63, 3.8) is 0 Å². The Morgan fingerprint density at radius 2 is 1.68 bits per heavy atom. The second kappa shape index (κ2) is 10.6. The predicted molar refractivity (Wildman–Crippen MR) is 157 cm³/mol. The minimum atomic E-state index is -2.63. The Morgan fingerprint density at radius 3 is 2.41 bits per heavy atom. The van der Waals surface area contributed by atoms with Crippen molar-refractivity contribution in [1.29, 1.82) is 0 Å². The first kappa shape index (κ1) is 26.3. The molecular weight excluding hydrogens is 524 g/mol. The van der Waals surface area contributed by atoms with E-state index in [2.05, 4.69) is 43.3 Å². The van der Waals surface area contributed by atoms with Crippen LogP contribution in [0.25, 0.3) is 21.8 Å². The number of rotatable bonds is 6. The van der Waals surface area contributed by atoms with E-state index in [-0.39, 0.29) is 30.5 Å². The van der Waals surface area contributed by atoms with Gasteiger partial charge >= 0.3 is 0 Å². The molecule has 3 fully saturated rings. The van der Waals surface area contributed by atoms with Gasteiger partial charge < -0.3 is 10.2 Å². The largest absolute Gasteiger partial charge is 0.369 e. The number of hydrogen-bond donors (Lipinski definition) is 1. The van der Waals surface area contributed by atoms with E-state index in [9.17, 15) is 13.6 Å². The monoisotopic (exact) mass is 559 g/mol. The first-order valence-electron chi connectivity index (χ1n) is 14.8. The van der Waals surface area contributed by atoms with Crippen LogP contribution >= 0.6 is 0 Å². The minimum absolute atomic E-state index is 0.0245. The fraction of sp³-hybridized carbons (Fsp3) is 0.484. The van der Waals surface area contributed by atoms with Gasteiger partial charge in [0.2, 0.25) is 5.95 Å². The Kier molecular flexibility index (Phi) is 6.81. The van der Waals surface area contributed by atoms with Crippen molar-refractivity contribution in [1.82, 2.24) is 24.4 Å². The summed E-state index contributed by atoms with van der Waals surface area (Å²) in [5.41, 5.74) is 2.89. The lowest BCUT2D eigenvalue weighted by Crippen LogP contribution is -2.45. The van der Waals surface area contributed by atoms with Gasteiger partial charge in [-0.25, -0.2) is 13.8 Å². The Labute approximate surface area is 237 Å². The molecule has 1 saturated heterocycles. The molecule has 0 radical (unpaired) electrons. The van der Waals surface area contributed by atoms with Crippen LogP contribution in [-0.2, 0) is 6.54 Å². The van der Waals surface area contributed by atoms with E-state index in [1.54, 1.807) is 6.20 Å². The molecule has 3 aliphatic rings. The molecule has 10 heteroatoms. The number of piperazine rings is 1. The van der Waals surface area contributed by atoms with Gasteiger partial charge in [-0.05, 0) is 42.0 Å². The maximum absolute atomic E-state index is 14.1. The molecule has 214 valence electrons. The fourth-order valence-electron chi connectivity index (χ4n) is 6.74. The summed E-state index contributed by atoms with van der Waals surface area (Å²) in [7, 11) is 0. The molecule has 3 aromatic heterocycles. The molecule has 0 bridgehead atoms. The molecule has 0 spiro atoms. The van der Waals surface area contributed by atoms with Crippen molar-refractivity contribution >= 4 is 33.4 Å². The van der Waals surface area contributed by atoms with Crippen molar-refractivity contribution in [2.75, 3.05) is 36.4 Å². The highest BCUT2D eigenvalue weighted by molar-refractivity contribution is 6.04. The highest BCUT2D eigenvalue weighted by atomic mass is 19.3. The fourth-order valence-corrected chi connectivity index (χ4v) is 6.74. The van der Waals surface area contributed by atoms with E-state index < -0.39 is 5.92 Å². The molecule has 41 heavy (non-hydrogen) atoms. The van der Waals surface area contributed by atoms with E-state index in [0.717, 1.165) is 74.7 Å². The first-order chi connectivity index (χ1) is 19.9. The Bertz CT molecular complexity index is 1600. The molecule has 8 nitrogen and oxygen atoms in total. The lowest BCUT2D eigenvalue weighted by atomic mass is 9.88. The van der Waals surface area contributed by atoms with Crippen molar-refractivity contribution in [3.05, 3.63) is 64.8 Å². The van der Waals surface area contributed by atoms with Crippen molar-refractivity contribution in [3.8, 4) is 0 Å². The molecule has 0 atom stereocenters. The summed E-state index contributed by atoms with van der Waals surface area (Å²) in [4.78, 5) is 32.3. The number of benzene rings is 1. The van der Waals surface area contributed by atoms with Crippen LogP contribution in [0.4, 0.5) is 20.4 Å². The number of fused-ring (bicyclic) bond motifs is 3. The predicted octanol–water partition coefficient (Wildman–Crippen LogP) is 5.38. The highest BCUT2D eigenvalue weighted by Gasteiger charge is 2.45. The maximum atomic E-state index is 14.1. The molecule has 4 heterocycles. The summed E-state index contributed by atoms with van der Waals surface area (Å²) < 4.78 is 28.7. The van der Waals surface area contributed by atoms with E-state index in [0.29, 0.717) is 17.0 Å². The van der Waals surface area contributed by atoms with Gasteiger partial charge in [0, 0.05) is 92.7 Å². The van der Waals surface area contributed by atoms with Crippen LogP contribution in [0.2, 0.25) is 0 Å². The van der Waals surface area contributed by atoms with Gasteiger partial charge in [-0.15, -0.1) is 0 Å². The Hall–Kier alpha value is -3.66. The number of nitrogens with one attached hydrogen (secondary N) is 1. The lowest BCUT2D eigenvalue weighted by Gasteiger charge is -2.36. The first-order valence-corrected chi connectivity index (χ1v) is 14.8. The molecule has 2 saturated carbocycles. The van der Waals surface area contributed by atoms with E-state index in [4.69, 9.17) is 4.98 Å². The lowest BCUT2D eigenvalue weighted by molar-refractivity contribution is -0.0794. The van der Waals surface area contributed by atoms with Gasteiger partial charge in [0.25, 0.3) is 11.5 Å². The zero-order chi connectivity index (χ0) is 28.0. The molecule has 4 aromatic rings. The molecule has 2 aliphatic carbocycles. The van der Waals surface area contributed by atoms with Crippen molar-refractivity contribution in [2.24, 2.45) is 0 Å². The number of halogens is 2. The normalized spacial score (nSPS) is 20.4. The quantitative estimate of drug-likeness (QED) is 0.318. The topological polar surface area (TPSA) is 79.2 Å². The van der Waals surface area contributed by atoms with Crippen LogP contribution in [0.3, 0.4) is 0 Å². The number of anilines is 2. The minimum Gasteiger partial charge on any atom is -0.369 e. The Morgan fingerprint density at radius 1 is 0.927 bits per heavy atom. The summed E-state index contributed by atoms with van der Waals surface area (Å²) in [6, 6.07) is 9.99. The van der Waals surface area contributed by atoms with Crippen LogP contribution in [-0.4, -0.2) is 62.6 Å². The van der Waals surface area contributed by atoms with E-state index in [1.165, 1.54) is 12.1 Å². The summed E-state index contributed by atoms with van der Waals surface area (Å²) in [6.45, 7) is 4.57. The molecule has 0 amide bonds. The number of alkyl halides is 2. The van der Waals surface area contributed by atoms with Gasteiger partial charge in [0.05, 0.1) is 0 Å². The van der Waals surface area contributed by atoms with Crippen LogP contribution in [0.15, 0.2) is 53.7 Å². The average Bonchev–Trinajstić information content (AvgIpc) is 2.98. The third kappa shape index (κ3) is 5.25. The van der Waals surface area contributed by atoms with Gasteiger partial charge in [-0.1, -0.05) is 31.4 Å². The zero-order valence-electron chi connectivity index (χ0n) is 23.1. The van der Waals surface area contributed by atoms with Crippen molar-refractivity contribution in [2.45, 2.75) is 69.5 Å². The molecule has 7 rings (SSSR count). The van der Waals surface area contributed by atoms with Gasteiger partial charge in [-0.2, -0.15) is 4.98 Å². The van der Waals surface area contributed by atoms with Gasteiger partial charge in [0.1, 0.15) is 5.65 Å². The number of aromatic nitrogens is 4. The van der Waals surface area contributed by atoms with Crippen LogP contribution < -0.4 is 15.8 Å². The summed E-state index contributed by atoms with van der Waals surface area (Å²) in [5, 5.41) is 5.42. The number of nitrogens with zero attached hydrogens (tertiary/aromatic N) is 6. The second-order valence-corrected chi connectivity index (χ2v) is 11.9. The van der Waals surface area contributed by atoms with Crippen LogP contribution in [0.5, 0.6) is 0 Å². The van der Waals surface area contributed by atoms with Gasteiger partial charge in [0.15, 0.2) is 0 Å². The molecule has 1 N–H and O–H groups in total. The third-order valence-electron chi connectivity index (χ3n) is 8.99. The zero-order valence-corrected chi connectivity index (χ0v) is 23.1. The third-order valence-corrected chi connectivity index (χ3v) is 8.99. The standard InChI is InChI=1S/C31H35F2N7O/c32-31(33)17-22(18-31)36-30-35-19-27-25-7-6-21(20-38-12-14-39(15-13-38)23-8-10-34-11-9-23)16-26(25)29(41)40(28(27)37-30)24-4-2-1-3-5-24/h6-11,16,19,22,24H,1-5,12-15,17-18,20H2,(H,35,36,37). The molecule has 0 unspecified atom stereocenters. The van der Waals surface area contributed by atoms with Crippen LogP contribution in [0.1, 0.15) is 56.6 Å². The maximum Gasteiger partial charge on any atom is 0.260 e. The van der Waals surface area contributed by atoms with Crippen molar-refractivity contribution < 1.29 is 8.78 Å². The molecular formula is C31H35F2N7O. The second-order valence-electron chi connectivity index (χ2n) is 11.9. The highest BCUT2D eigenvalue weighted by Crippen LogP contribution is 2.39. The summed E-state index contributed by atoms with van der Waals surface area (Å²) >= 11 is 0. The Balaban J connectivity index is 1.19. The molecule has 1 aliphatic heterocycles. The smallest absolute Gasteiger partial charge is 0.260 e. The summed E-state index contributed by atoms with van der Waals surface area (Å²) in [6.07, 6.45) is 10.2. The SMILES string of the molecule is O=c1c2cc(CN3CCN(c4ccncc4)CC3)ccc2c2cnc(NC3CC(F)(F)C3)nc2n1C1CCCCC1. The van der Waals surface area contributed by atoms with E-state index >= 15 is 0 Å².